The molecule has 0 atom stereocenters. The van der Waals surface area contributed by atoms with E-state index in [1.165, 1.54) is 13.3 Å². The van der Waals surface area contributed by atoms with Crippen molar-refractivity contribution in [2.45, 2.75) is 6.54 Å². The van der Waals surface area contributed by atoms with Crippen molar-refractivity contribution < 1.29 is 9.53 Å². The minimum atomic E-state index is -0.431. The first-order chi connectivity index (χ1) is 12.3. The van der Waals surface area contributed by atoms with Crippen molar-refractivity contribution in [3.05, 3.63) is 66.1 Å². The van der Waals surface area contributed by atoms with Gasteiger partial charge in [0.1, 0.15) is 0 Å². The summed E-state index contributed by atoms with van der Waals surface area (Å²) in [5, 5.41) is 14.0. The molecule has 0 unspecified atom stereocenters. The summed E-state index contributed by atoms with van der Waals surface area (Å²) in [4.78, 5) is 20.2. The van der Waals surface area contributed by atoms with Crippen molar-refractivity contribution in [3.63, 3.8) is 0 Å². The number of pyridine rings is 1. The Kier molecular flexibility index (Phi) is 5.10. The summed E-state index contributed by atoms with van der Waals surface area (Å²) in [5.74, 6) is 0.393. The number of rotatable bonds is 6. The molecule has 8 nitrogen and oxygen atoms in total. The van der Waals surface area contributed by atoms with Gasteiger partial charge < -0.3 is 15.4 Å². The van der Waals surface area contributed by atoms with E-state index in [1.807, 2.05) is 18.2 Å². The molecule has 0 aliphatic rings. The van der Waals surface area contributed by atoms with Crippen molar-refractivity contribution >= 4 is 23.4 Å². The Morgan fingerprint density at radius 2 is 2.04 bits per heavy atom. The summed E-state index contributed by atoms with van der Waals surface area (Å²) in [6.07, 6.45) is 4.95. The predicted octanol–water partition coefficient (Wildman–Crippen LogP) is 2.41. The fourth-order valence-corrected chi connectivity index (χ4v) is 2.14. The molecule has 25 heavy (non-hydrogen) atoms. The molecule has 2 aromatic heterocycles. The normalized spacial score (nSPS) is 10.1. The lowest BCUT2D eigenvalue weighted by Gasteiger charge is -2.10. The smallest absolute Gasteiger partial charge is 0.339 e. The highest BCUT2D eigenvalue weighted by Crippen LogP contribution is 2.20. The van der Waals surface area contributed by atoms with Crippen LogP contribution in [0.1, 0.15) is 15.9 Å². The Bertz CT molecular complexity index is 857. The Hall–Kier alpha value is -3.55. The highest BCUT2D eigenvalue weighted by molar-refractivity contribution is 5.96. The van der Waals surface area contributed by atoms with Crippen LogP contribution in [0.3, 0.4) is 0 Å². The number of carbonyl (C=O) groups excluding carboxylic acids is 1. The number of methoxy groups -OCH3 is 1. The van der Waals surface area contributed by atoms with Gasteiger partial charge in [0.2, 0.25) is 5.95 Å². The van der Waals surface area contributed by atoms with Crippen molar-refractivity contribution in [2.75, 3.05) is 17.7 Å². The molecule has 3 aromatic rings. The molecule has 0 aliphatic heterocycles. The van der Waals surface area contributed by atoms with Crippen LogP contribution in [0.25, 0.3) is 0 Å². The van der Waals surface area contributed by atoms with Crippen LogP contribution in [0.5, 0.6) is 0 Å². The van der Waals surface area contributed by atoms with Crippen LogP contribution in [0.15, 0.2) is 55.0 Å². The molecule has 0 saturated heterocycles. The van der Waals surface area contributed by atoms with Gasteiger partial charge in [-0.2, -0.15) is 10.1 Å². The van der Waals surface area contributed by atoms with Crippen molar-refractivity contribution in [2.24, 2.45) is 0 Å². The monoisotopic (exact) mass is 336 g/mol. The number of anilines is 3. The fraction of sp³-hybridized carbons (Fsp3) is 0.118. The molecule has 126 valence electrons. The van der Waals surface area contributed by atoms with E-state index < -0.39 is 5.97 Å². The average molecular weight is 336 g/mol. The van der Waals surface area contributed by atoms with Gasteiger partial charge in [0.25, 0.3) is 0 Å². The van der Waals surface area contributed by atoms with Gasteiger partial charge in [0.15, 0.2) is 5.82 Å². The summed E-state index contributed by atoms with van der Waals surface area (Å²) in [5.41, 5.74) is 1.99. The maximum Gasteiger partial charge on any atom is 0.339 e. The molecule has 2 N–H and O–H groups in total. The SMILES string of the molecule is COC(=O)c1ccccc1Nc1cnnc(NCc2cccnc2)n1. The van der Waals surface area contributed by atoms with Gasteiger partial charge in [-0.25, -0.2) is 4.79 Å². The van der Waals surface area contributed by atoms with Crippen LogP contribution in [-0.4, -0.2) is 33.2 Å². The summed E-state index contributed by atoms with van der Waals surface area (Å²) >= 11 is 0. The van der Waals surface area contributed by atoms with Gasteiger partial charge >= 0.3 is 5.97 Å². The Labute approximate surface area is 144 Å². The Balaban J connectivity index is 1.73. The van der Waals surface area contributed by atoms with E-state index in [0.29, 0.717) is 29.6 Å². The highest BCUT2D eigenvalue weighted by atomic mass is 16.5. The van der Waals surface area contributed by atoms with Gasteiger partial charge in [0.05, 0.1) is 24.6 Å². The number of nitrogens with zero attached hydrogens (tertiary/aromatic N) is 4. The second kappa shape index (κ2) is 7.82. The first-order valence-electron chi connectivity index (χ1n) is 7.53. The van der Waals surface area contributed by atoms with Crippen LogP contribution in [0.2, 0.25) is 0 Å². The number of benzene rings is 1. The third-order valence-corrected chi connectivity index (χ3v) is 3.33. The molecule has 0 radical (unpaired) electrons. The van der Waals surface area contributed by atoms with Crippen LogP contribution >= 0.6 is 0 Å². The number of para-hydroxylation sites is 1. The topological polar surface area (TPSA) is 102 Å². The first-order valence-corrected chi connectivity index (χ1v) is 7.53. The van der Waals surface area contributed by atoms with Gasteiger partial charge in [-0.05, 0) is 23.8 Å². The second-order valence-electron chi connectivity index (χ2n) is 5.04. The van der Waals surface area contributed by atoms with E-state index in [1.54, 1.807) is 30.6 Å². The zero-order valence-corrected chi connectivity index (χ0v) is 13.5. The number of ether oxygens (including phenoxy) is 1. The highest BCUT2D eigenvalue weighted by Gasteiger charge is 2.12. The van der Waals surface area contributed by atoms with E-state index in [2.05, 4.69) is 30.8 Å². The van der Waals surface area contributed by atoms with E-state index >= 15 is 0 Å². The molecular weight excluding hydrogens is 320 g/mol. The molecule has 1 aromatic carbocycles. The average Bonchev–Trinajstić information content (AvgIpc) is 2.67. The number of esters is 1. The zero-order valence-electron chi connectivity index (χ0n) is 13.5. The number of nitrogens with one attached hydrogen (secondary N) is 2. The molecule has 0 bridgehead atoms. The number of hydrogen-bond donors (Lipinski definition) is 2. The van der Waals surface area contributed by atoms with Crippen LogP contribution in [0.4, 0.5) is 17.5 Å². The van der Waals surface area contributed by atoms with Crippen molar-refractivity contribution in [3.8, 4) is 0 Å². The standard InChI is InChI=1S/C17H16N6O2/c1-25-16(24)13-6-2-3-7-14(13)21-15-11-20-23-17(22-15)19-10-12-5-4-8-18-9-12/h2-9,11H,10H2,1H3,(H2,19,21,22,23). The maximum atomic E-state index is 11.8. The predicted molar refractivity (Wildman–Crippen MR) is 92.5 cm³/mol. The van der Waals surface area contributed by atoms with Gasteiger partial charge in [-0.15, -0.1) is 5.10 Å². The van der Waals surface area contributed by atoms with E-state index in [4.69, 9.17) is 4.74 Å². The second-order valence-corrected chi connectivity index (χ2v) is 5.04. The van der Waals surface area contributed by atoms with Crippen LogP contribution in [-0.2, 0) is 11.3 Å². The molecule has 0 spiro atoms. The van der Waals surface area contributed by atoms with E-state index in [9.17, 15) is 4.79 Å². The van der Waals surface area contributed by atoms with Gasteiger partial charge in [0, 0.05) is 18.9 Å². The Morgan fingerprint density at radius 3 is 2.84 bits per heavy atom. The summed E-state index contributed by atoms with van der Waals surface area (Å²) < 4.78 is 4.78. The molecule has 0 saturated carbocycles. The van der Waals surface area contributed by atoms with Gasteiger partial charge in [-0.3, -0.25) is 4.98 Å². The zero-order chi connectivity index (χ0) is 17.5. The number of carbonyl (C=O) groups is 1. The molecule has 2 heterocycles. The molecular formula is C17H16N6O2. The molecule has 0 amide bonds. The Morgan fingerprint density at radius 1 is 1.16 bits per heavy atom. The van der Waals surface area contributed by atoms with Gasteiger partial charge in [-0.1, -0.05) is 18.2 Å². The quantitative estimate of drug-likeness (QED) is 0.662. The maximum absolute atomic E-state index is 11.8. The lowest BCUT2D eigenvalue weighted by Crippen LogP contribution is -2.08. The third-order valence-electron chi connectivity index (χ3n) is 3.33. The summed E-state index contributed by atoms with van der Waals surface area (Å²) in [7, 11) is 1.34. The molecule has 0 aliphatic carbocycles. The third kappa shape index (κ3) is 4.25. The number of aromatic nitrogens is 4. The van der Waals surface area contributed by atoms with Crippen molar-refractivity contribution in [1.29, 1.82) is 0 Å². The molecule has 3 rings (SSSR count). The van der Waals surface area contributed by atoms with Crippen molar-refractivity contribution in [1.82, 2.24) is 20.2 Å². The van der Waals surface area contributed by atoms with Crippen LogP contribution in [0, 0.1) is 0 Å². The van der Waals surface area contributed by atoms with E-state index in [0.717, 1.165) is 5.56 Å². The largest absolute Gasteiger partial charge is 0.465 e. The van der Waals surface area contributed by atoms with E-state index in [-0.39, 0.29) is 0 Å². The lowest BCUT2D eigenvalue weighted by molar-refractivity contribution is 0.0602. The fourth-order valence-electron chi connectivity index (χ4n) is 2.14. The van der Waals surface area contributed by atoms with Crippen LogP contribution < -0.4 is 10.6 Å². The summed E-state index contributed by atoms with van der Waals surface area (Å²) in [6, 6.07) is 10.8. The lowest BCUT2D eigenvalue weighted by atomic mass is 10.2. The first kappa shape index (κ1) is 16.3. The summed E-state index contributed by atoms with van der Waals surface area (Å²) in [6.45, 7) is 0.526. The molecule has 8 heteroatoms. The minimum Gasteiger partial charge on any atom is -0.465 e. The minimum absolute atomic E-state index is 0.365. The molecule has 0 fully saturated rings. The number of hydrogen-bond acceptors (Lipinski definition) is 8.